The normalized spacial score (nSPS) is 13.4. The van der Waals surface area contributed by atoms with Crippen LogP contribution in [-0.2, 0) is 21.7 Å². The fourth-order valence-corrected chi connectivity index (χ4v) is 11.9. The molecule has 0 saturated carbocycles. The van der Waals surface area contributed by atoms with E-state index in [1.54, 1.807) is 0 Å². The molecule has 4 heteroatoms. The van der Waals surface area contributed by atoms with E-state index in [4.69, 9.17) is 8.83 Å². The average Bonchev–Trinajstić information content (AvgIpc) is 4.07. The largest absolute Gasteiger partial charge is 0.456 e. The number of benzene rings is 9. The molecule has 0 aliphatic carbocycles. The van der Waals surface area contributed by atoms with Crippen molar-refractivity contribution >= 4 is 109 Å². The van der Waals surface area contributed by atoms with Crippen molar-refractivity contribution in [3.63, 3.8) is 0 Å². The van der Waals surface area contributed by atoms with E-state index >= 15 is 0 Å². The smallest absolute Gasteiger partial charge is 0.139 e. The van der Waals surface area contributed by atoms with Crippen LogP contribution >= 0.6 is 0 Å². The van der Waals surface area contributed by atoms with Crippen molar-refractivity contribution in [2.24, 2.45) is 0 Å². The van der Waals surface area contributed by atoms with E-state index in [1.165, 1.54) is 76.6 Å². The summed E-state index contributed by atoms with van der Waals surface area (Å²) in [5.41, 5.74) is 18.5. The van der Waals surface area contributed by atoms with E-state index < -0.39 is 0 Å². The Morgan fingerprint density at radius 1 is 0.306 bits per heavy atom. The molecule has 13 rings (SSSR count). The van der Waals surface area contributed by atoms with Crippen LogP contribution in [0, 0.1) is 13.8 Å². The van der Waals surface area contributed by atoms with Crippen LogP contribution < -0.4 is 0 Å². The zero-order valence-electron chi connectivity index (χ0n) is 44.4. The molecule has 0 saturated heterocycles. The highest BCUT2D eigenvalue weighted by atomic mass is 16.3. The Balaban J connectivity index is 0.942. The number of nitrogens with zero attached hydrogens (tertiary/aromatic N) is 2. The maximum absolute atomic E-state index is 6.97. The summed E-state index contributed by atoms with van der Waals surface area (Å²) < 4.78 is 18.8. The zero-order chi connectivity index (χ0) is 50.3. The van der Waals surface area contributed by atoms with Crippen LogP contribution in [-0.4, -0.2) is 9.13 Å². The Hall–Kier alpha value is -7.30. The van der Waals surface area contributed by atoms with Gasteiger partial charge in [0.25, 0.3) is 0 Å². The molecule has 0 amide bonds. The molecule has 0 atom stereocenters. The lowest BCUT2D eigenvalue weighted by molar-refractivity contribution is 0.590. The fraction of sp³-hybridized carbons (Fsp3) is 0.265. The maximum Gasteiger partial charge on any atom is 0.139 e. The minimum atomic E-state index is 0.0432. The predicted octanol–water partition coefficient (Wildman–Crippen LogP) is 19.8. The number of hydrogen-bond donors (Lipinski definition) is 0. The van der Waals surface area contributed by atoms with Gasteiger partial charge in [-0.05, 0) is 176 Å². The Kier molecular flexibility index (Phi) is 9.09. The van der Waals surface area contributed by atoms with Gasteiger partial charge >= 0.3 is 0 Å². The van der Waals surface area contributed by atoms with Crippen LogP contribution in [0.15, 0.2) is 142 Å². The molecule has 4 aromatic heterocycles. The van der Waals surface area contributed by atoms with Gasteiger partial charge in [-0.15, -0.1) is 0 Å². The van der Waals surface area contributed by atoms with E-state index in [0.29, 0.717) is 0 Å². The number of furan rings is 2. The standard InChI is InChI=1S/C68H64N2O2/c1-37-61-53-29-39-15-21-47(69-55-23-17-43(65(3,4)5)33-49(55)50-34-44(66(6,7)8)18-24-56(50)69)27-41(39)31-59(53)72-64(61)38(2)62-54-30-40-16-22-48(28-42(40)32-60(54)71-63(37)62)70-57-25-19-45(67(9,10)11)35-51(57)52-36-46(68(12,13)14)20-26-58(52)70/h15-36H,1-14H3. The minimum absolute atomic E-state index is 0.0432. The Morgan fingerprint density at radius 3 is 0.903 bits per heavy atom. The van der Waals surface area contributed by atoms with Crippen molar-refractivity contribution in [1.29, 1.82) is 0 Å². The molecule has 358 valence electrons. The first-order valence-corrected chi connectivity index (χ1v) is 25.9. The highest BCUT2D eigenvalue weighted by molar-refractivity contribution is 6.22. The van der Waals surface area contributed by atoms with Gasteiger partial charge in [-0.1, -0.05) is 119 Å². The lowest BCUT2D eigenvalue weighted by Gasteiger charge is -2.19. The molecule has 72 heavy (non-hydrogen) atoms. The molecule has 0 radical (unpaired) electrons. The highest BCUT2D eigenvalue weighted by Gasteiger charge is 2.26. The van der Waals surface area contributed by atoms with Crippen molar-refractivity contribution < 1.29 is 8.83 Å². The summed E-state index contributed by atoms with van der Waals surface area (Å²) in [4.78, 5) is 0. The topological polar surface area (TPSA) is 36.1 Å². The third kappa shape index (κ3) is 6.56. The lowest BCUT2D eigenvalue weighted by Crippen LogP contribution is -2.10. The van der Waals surface area contributed by atoms with Gasteiger partial charge in [0.2, 0.25) is 0 Å². The third-order valence-corrected chi connectivity index (χ3v) is 16.2. The van der Waals surface area contributed by atoms with E-state index in [2.05, 4.69) is 240 Å². The molecule has 9 aromatic carbocycles. The Bertz CT molecular complexity index is 4060. The van der Waals surface area contributed by atoms with Crippen molar-refractivity contribution in [1.82, 2.24) is 9.13 Å². The highest BCUT2D eigenvalue weighted by Crippen LogP contribution is 2.46. The van der Waals surface area contributed by atoms with Crippen molar-refractivity contribution in [3.05, 3.63) is 167 Å². The first-order valence-electron chi connectivity index (χ1n) is 25.9. The predicted molar refractivity (Wildman–Crippen MR) is 309 cm³/mol. The van der Waals surface area contributed by atoms with Gasteiger partial charge in [0.05, 0.1) is 22.1 Å². The third-order valence-electron chi connectivity index (χ3n) is 16.2. The second-order valence-electron chi connectivity index (χ2n) is 25.2. The van der Waals surface area contributed by atoms with E-state index in [0.717, 1.165) is 77.2 Å². The molecule has 0 N–H and O–H groups in total. The average molecular weight is 941 g/mol. The van der Waals surface area contributed by atoms with Crippen LogP contribution in [0.25, 0.3) is 120 Å². The van der Waals surface area contributed by atoms with Gasteiger partial charge in [0, 0.05) is 65.6 Å². The lowest BCUT2D eigenvalue weighted by atomic mass is 9.85. The number of fused-ring (bicyclic) bond motifs is 14. The molecule has 0 aliphatic heterocycles. The molecule has 0 fully saturated rings. The van der Waals surface area contributed by atoms with Gasteiger partial charge in [0.15, 0.2) is 0 Å². The molecule has 0 spiro atoms. The summed E-state index contributed by atoms with van der Waals surface area (Å²) in [5, 5.41) is 14.3. The molecule has 0 unspecified atom stereocenters. The van der Waals surface area contributed by atoms with E-state index in [9.17, 15) is 0 Å². The Morgan fingerprint density at radius 2 is 0.611 bits per heavy atom. The van der Waals surface area contributed by atoms with Gasteiger partial charge in [-0.2, -0.15) is 0 Å². The summed E-state index contributed by atoms with van der Waals surface area (Å²) in [5.74, 6) is 0. The molecular weight excluding hydrogens is 877 g/mol. The Labute approximate surface area is 421 Å². The fourth-order valence-electron chi connectivity index (χ4n) is 11.9. The summed E-state index contributed by atoms with van der Waals surface area (Å²) in [7, 11) is 0. The van der Waals surface area contributed by atoms with Crippen LogP contribution in [0.4, 0.5) is 0 Å². The number of hydrogen-bond acceptors (Lipinski definition) is 2. The van der Waals surface area contributed by atoms with E-state index in [1.807, 2.05) is 0 Å². The summed E-state index contributed by atoms with van der Waals surface area (Å²) in [6.07, 6.45) is 0. The molecule has 4 nitrogen and oxygen atoms in total. The molecule has 0 bridgehead atoms. The number of aromatic nitrogens is 2. The number of aryl methyl sites for hydroxylation is 2. The molecule has 4 heterocycles. The van der Waals surface area contributed by atoms with Gasteiger partial charge in [-0.25, -0.2) is 0 Å². The SMILES string of the molecule is Cc1c2oc3cc4cc(-n5c6ccc(C(C)(C)C)cc6c6cc(C(C)(C)C)ccc65)ccc4cc3c2c(C)c2oc3cc4cc(-n5c6ccc(C(C)(C)C)cc6c6cc(C(C)(C)C)ccc65)ccc4cc3c12. The van der Waals surface area contributed by atoms with Crippen molar-refractivity contribution in [2.45, 2.75) is 119 Å². The van der Waals surface area contributed by atoms with Crippen molar-refractivity contribution in [3.8, 4) is 11.4 Å². The van der Waals surface area contributed by atoms with Gasteiger partial charge in [0.1, 0.15) is 22.3 Å². The minimum Gasteiger partial charge on any atom is -0.456 e. The first kappa shape index (κ1) is 44.6. The quantitative estimate of drug-likeness (QED) is 0.173. The van der Waals surface area contributed by atoms with E-state index in [-0.39, 0.29) is 21.7 Å². The van der Waals surface area contributed by atoms with Gasteiger partial charge in [-0.3, -0.25) is 0 Å². The van der Waals surface area contributed by atoms with Crippen LogP contribution in [0.1, 0.15) is 116 Å². The molecule has 0 aliphatic rings. The number of rotatable bonds is 2. The summed E-state index contributed by atoms with van der Waals surface area (Å²) in [6.45, 7) is 32.0. The van der Waals surface area contributed by atoms with Gasteiger partial charge < -0.3 is 18.0 Å². The summed E-state index contributed by atoms with van der Waals surface area (Å²) >= 11 is 0. The second-order valence-corrected chi connectivity index (χ2v) is 25.2. The first-order chi connectivity index (χ1) is 34.0. The molecular formula is C68H64N2O2. The van der Waals surface area contributed by atoms with Crippen molar-refractivity contribution in [2.75, 3.05) is 0 Å². The maximum atomic E-state index is 6.97. The summed E-state index contributed by atoms with van der Waals surface area (Å²) in [6, 6.07) is 51.1. The second kappa shape index (κ2) is 14.7. The van der Waals surface area contributed by atoms with Crippen LogP contribution in [0.2, 0.25) is 0 Å². The monoisotopic (exact) mass is 940 g/mol. The van der Waals surface area contributed by atoms with Crippen LogP contribution in [0.5, 0.6) is 0 Å². The molecule has 13 aromatic rings. The zero-order valence-corrected chi connectivity index (χ0v) is 44.4. The van der Waals surface area contributed by atoms with Crippen LogP contribution in [0.3, 0.4) is 0 Å².